The molecule has 0 unspecified atom stereocenters. The summed E-state index contributed by atoms with van der Waals surface area (Å²) < 4.78 is 6.89. The van der Waals surface area contributed by atoms with Gasteiger partial charge in [-0.05, 0) is 25.5 Å². The molecule has 0 bridgehead atoms. The van der Waals surface area contributed by atoms with Crippen LogP contribution in [0.3, 0.4) is 0 Å². The Balaban J connectivity index is 1.93. The summed E-state index contributed by atoms with van der Waals surface area (Å²) >= 11 is 1.38. The van der Waals surface area contributed by atoms with Crippen molar-refractivity contribution in [2.24, 2.45) is 0 Å². The molecule has 0 aliphatic heterocycles. The monoisotopic (exact) mass is 320 g/mol. The third kappa shape index (κ3) is 4.57. The number of hydrogen-bond acceptors (Lipinski definition) is 5. The summed E-state index contributed by atoms with van der Waals surface area (Å²) in [6.07, 6.45) is 0.812. The molecule has 0 spiro atoms. The predicted molar refractivity (Wildman–Crippen MR) is 86.3 cm³/mol. The highest BCUT2D eigenvalue weighted by molar-refractivity contribution is 7.99. The average Bonchev–Trinajstić information content (AvgIpc) is 2.91. The normalized spacial score (nSPS) is 10.6. The van der Waals surface area contributed by atoms with Crippen molar-refractivity contribution in [3.05, 3.63) is 36.2 Å². The van der Waals surface area contributed by atoms with E-state index in [1.165, 1.54) is 11.8 Å². The van der Waals surface area contributed by atoms with Gasteiger partial charge in [0, 0.05) is 25.9 Å². The number of amides is 1. The van der Waals surface area contributed by atoms with E-state index in [2.05, 4.69) is 15.5 Å². The van der Waals surface area contributed by atoms with E-state index in [1.54, 1.807) is 7.11 Å². The molecule has 7 heteroatoms. The summed E-state index contributed by atoms with van der Waals surface area (Å²) in [6, 6.07) is 9.87. The van der Waals surface area contributed by atoms with Gasteiger partial charge in [0.05, 0.1) is 5.75 Å². The molecular weight excluding hydrogens is 300 g/mol. The minimum atomic E-state index is -0.0126. The second kappa shape index (κ2) is 8.55. The molecule has 2 aromatic rings. The van der Waals surface area contributed by atoms with E-state index >= 15 is 0 Å². The second-order valence-electron chi connectivity index (χ2n) is 4.69. The highest BCUT2D eigenvalue weighted by Crippen LogP contribution is 2.21. The molecule has 0 radical (unpaired) electrons. The molecule has 2 rings (SSSR count). The number of aryl methyl sites for hydroxylation is 1. The lowest BCUT2D eigenvalue weighted by atomic mass is 10.3. The van der Waals surface area contributed by atoms with Crippen LogP contribution in [-0.2, 0) is 9.53 Å². The third-order valence-corrected chi connectivity index (χ3v) is 3.92. The van der Waals surface area contributed by atoms with Crippen molar-refractivity contribution in [3.8, 4) is 5.69 Å². The standard InChI is InChI=1S/C15H20N4O2S/c1-12-17-18-15(19(12)13-7-4-3-5-8-13)22-11-14(20)16-9-6-10-21-2/h3-5,7-8H,6,9-11H2,1-2H3,(H,16,20). The molecule has 6 nitrogen and oxygen atoms in total. The van der Waals surface area contributed by atoms with Crippen molar-refractivity contribution < 1.29 is 9.53 Å². The number of para-hydroxylation sites is 1. The van der Waals surface area contributed by atoms with Gasteiger partial charge in [-0.2, -0.15) is 0 Å². The number of nitrogens with one attached hydrogen (secondary N) is 1. The van der Waals surface area contributed by atoms with E-state index in [0.717, 1.165) is 23.1 Å². The molecule has 1 aromatic carbocycles. The van der Waals surface area contributed by atoms with Gasteiger partial charge in [0.25, 0.3) is 0 Å². The number of carbonyl (C=O) groups excluding carboxylic acids is 1. The van der Waals surface area contributed by atoms with Crippen molar-refractivity contribution in [2.75, 3.05) is 26.0 Å². The zero-order valence-corrected chi connectivity index (χ0v) is 13.6. The first-order valence-corrected chi connectivity index (χ1v) is 8.07. The lowest BCUT2D eigenvalue weighted by Gasteiger charge is -2.08. The van der Waals surface area contributed by atoms with Gasteiger partial charge < -0.3 is 10.1 Å². The molecule has 22 heavy (non-hydrogen) atoms. The van der Waals surface area contributed by atoms with Crippen LogP contribution in [0.5, 0.6) is 0 Å². The van der Waals surface area contributed by atoms with Gasteiger partial charge in [0.15, 0.2) is 5.16 Å². The zero-order chi connectivity index (χ0) is 15.8. The number of ether oxygens (including phenoxy) is 1. The first kappa shape index (κ1) is 16.5. The van der Waals surface area contributed by atoms with Gasteiger partial charge >= 0.3 is 0 Å². The molecule has 0 aliphatic carbocycles. The maximum atomic E-state index is 11.8. The van der Waals surface area contributed by atoms with Crippen LogP contribution in [0.25, 0.3) is 5.69 Å². The lowest BCUT2D eigenvalue weighted by Crippen LogP contribution is -2.26. The Hall–Kier alpha value is -1.86. The van der Waals surface area contributed by atoms with Gasteiger partial charge in [-0.1, -0.05) is 30.0 Å². The first-order valence-electron chi connectivity index (χ1n) is 7.08. The summed E-state index contributed by atoms with van der Waals surface area (Å²) in [7, 11) is 1.65. The van der Waals surface area contributed by atoms with Crippen LogP contribution in [0.2, 0.25) is 0 Å². The molecule has 0 atom stereocenters. The Morgan fingerprint density at radius 3 is 2.82 bits per heavy atom. The summed E-state index contributed by atoms with van der Waals surface area (Å²) in [6.45, 7) is 3.17. The Labute approximate surface area is 134 Å². The Kier molecular flexibility index (Phi) is 6.42. The summed E-state index contributed by atoms with van der Waals surface area (Å²) in [4.78, 5) is 11.8. The number of methoxy groups -OCH3 is 1. The number of nitrogens with zero attached hydrogens (tertiary/aromatic N) is 3. The van der Waals surface area contributed by atoms with Crippen molar-refractivity contribution in [1.29, 1.82) is 0 Å². The van der Waals surface area contributed by atoms with E-state index in [-0.39, 0.29) is 5.91 Å². The number of hydrogen-bond donors (Lipinski definition) is 1. The number of carbonyl (C=O) groups is 1. The Bertz CT molecular complexity index is 601. The molecule has 0 aliphatic rings. The zero-order valence-electron chi connectivity index (χ0n) is 12.8. The molecule has 1 heterocycles. The molecule has 0 fully saturated rings. The Morgan fingerprint density at radius 1 is 1.32 bits per heavy atom. The van der Waals surface area contributed by atoms with Crippen LogP contribution >= 0.6 is 11.8 Å². The smallest absolute Gasteiger partial charge is 0.230 e. The predicted octanol–water partition coefficient (Wildman–Crippen LogP) is 1.82. The van der Waals surface area contributed by atoms with Gasteiger partial charge in [-0.25, -0.2) is 0 Å². The molecule has 1 aromatic heterocycles. The summed E-state index contributed by atoms with van der Waals surface area (Å²) in [5.74, 6) is 1.10. The SMILES string of the molecule is COCCCNC(=O)CSc1nnc(C)n1-c1ccccc1. The lowest BCUT2D eigenvalue weighted by molar-refractivity contribution is -0.118. The molecule has 118 valence electrons. The van der Waals surface area contributed by atoms with Crippen molar-refractivity contribution in [1.82, 2.24) is 20.1 Å². The fourth-order valence-corrected chi connectivity index (χ4v) is 2.76. The highest BCUT2D eigenvalue weighted by Gasteiger charge is 2.12. The first-order chi connectivity index (χ1) is 10.7. The maximum Gasteiger partial charge on any atom is 0.230 e. The van der Waals surface area contributed by atoms with Gasteiger partial charge in [-0.15, -0.1) is 10.2 Å². The molecule has 0 saturated carbocycles. The van der Waals surface area contributed by atoms with E-state index in [1.807, 2.05) is 41.8 Å². The van der Waals surface area contributed by atoms with Gasteiger partial charge in [-0.3, -0.25) is 9.36 Å². The Morgan fingerprint density at radius 2 is 2.09 bits per heavy atom. The van der Waals surface area contributed by atoms with Crippen LogP contribution in [0.4, 0.5) is 0 Å². The van der Waals surface area contributed by atoms with Crippen molar-refractivity contribution >= 4 is 17.7 Å². The highest BCUT2D eigenvalue weighted by atomic mass is 32.2. The van der Waals surface area contributed by atoms with E-state index in [9.17, 15) is 4.79 Å². The largest absolute Gasteiger partial charge is 0.385 e. The number of benzene rings is 1. The molecule has 1 amide bonds. The van der Waals surface area contributed by atoms with Gasteiger partial charge in [0.1, 0.15) is 5.82 Å². The van der Waals surface area contributed by atoms with E-state index in [4.69, 9.17) is 4.74 Å². The number of thioether (sulfide) groups is 1. The van der Waals surface area contributed by atoms with Crippen LogP contribution in [0.1, 0.15) is 12.2 Å². The average molecular weight is 320 g/mol. The third-order valence-electron chi connectivity index (χ3n) is 2.99. The molecule has 0 saturated heterocycles. The fraction of sp³-hybridized carbons (Fsp3) is 0.400. The molecule has 1 N–H and O–H groups in total. The quantitative estimate of drug-likeness (QED) is 0.593. The van der Waals surface area contributed by atoms with Crippen molar-refractivity contribution in [2.45, 2.75) is 18.5 Å². The second-order valence-corrected chi connectivity index (χ2v) is 5.63. The minimum Gasteiger partial charge on any atom is -0.385 e. The van der Waals surface area contributed by atoms with E-state index in [0.29, 0.717) is 18.9 Å². The van der Waals surface area contributed by atoms with Crippen LogP contribution in [0.15, 0.2) is 35.5 Å². The fourth-order valence-electron chi connectivity index (χ4n) is 1.94. The molecular formula is C15H20N4O2S. The topological polar surface area (TPSA) is 69.0 Å². The van der Waals surface area contributed by atoms with Crippen LogP contribution in [0, 0.1) is 6.92 Å². The number of aromatic nitrogens is 3. The van der Waals surface area contributed by atoms with Crippen molar-refractivity contribution in [3.63, 3.8) is 0 Å². The van der Waals surface area contributed by atoms with E-state index < -0.39 is 0 Å². The maximum absolute atomic E-state index is 11.8. The van der Waals surface area contributed by atoms with Crippen LogP contribution in [-0.4, -0.2) is 46.7 Å². The van der Waals surface area contributed by atoms with Gasteiger partial charge in [0.2, 0.25) is 5.91 Å². The summed E-state index contributed by atoms with van der Waals surface area (Å²) in [5.41, 5.74) is 0.994. The minimum absolute atomic E-state index is 0.0126. The summed E-state index contributed by atoms with van der Waals surface area (Å²) in [5, 5.41) is 11.8. The van der Waals surface area contributed by atoms with Crippen LogP contribution < -0.4 is 5.32 Å². The number of rotatable bonds is 8.